The van der Waals surface area contributed by atoms with Gasteiger partial charge in [-0.15, -0.1) is 0 Å². The highest BCUT2D eigenvalue weighted by atomic mass is 19.1. The zero-order valence-electron chi connectivity index (χ0n) is 12.9. The number of carbonyl (C=O) groups excluding carboxylic acids is 2. The molecule has 0 spiro atoms. The normalized spacial score (nSPS) is 15.6. The fourth-order valence-corrected chi connectivity index (χ4v) is 2.40. The van der Waals surface area contributed by atoms with Crippen molar-refractivity contribution in [3.63, 3.8) is 0 Å². The zero-order chi connectivity index (χ0) is 18.0. The summed E-state index contributed by atoms with van der Waals surface area (Å²) in [6.45, 7) is -0.174. The summed E-state index contributed by atoms with van der Waals surface area (Å²) in [5.74, 6) is -2.12. The first kappa shape index (κ1) is 16.4. The van der Waals surface area contributed by atoms with Crippen molar-refractivity contribution in [1.29, 1.82) is 0 Å². The van der Waals surface area contributed by atoms with Gasteiger partial charge in [-0.05, 0) is 29.8 Å². The second-order valence-corrected chi connectivity index (χ2v) is 5.40. The lowest BCUT2D eigenvalue weighted by Gasteiger charge is -2.12. The lowest BCUT2D eigenvalue weighted by Crippen LogP contribution is -2.30. The highest BCUT2D eigenvalue weighted by molar-refractivity contribution is 6.13. The maximum atomic E-state index is 13.7. The molecule has 7 heteroatoms. The van der Waals surface area contributed by atoms with Crippen molar-refractivity contribution in [3.8, 4) is 0 Å². The van der Waals surface area contributed by atoms with E-state index in [0.29, 0.717) is 5.56 Å². The lowest BCUT2D eigenvalue weighted by molar-refractivity contribution is -0.123. The number of nitrogens with zero attached hydrogens (tertiary/aromatic N) is 1. The fourth-order valence-electron chi connectivity index (χ4n) is 2.40. The molecular formula is C18H13FN2O4. The van der Waals surface area contributed by atoms with Gasteiger partial charge in [0, 0.05) is 5.56 Å². The summed E-state index contributed by atoms with van der Waals surface area (Å²) in [5, 5.41) is 11.3. The number of nitrogens with one attached hydrogen (secondary N) is 1. The van der Waals surface area contributed by atoms with Crippen LogP contribution in [0.5, 0.6) is 0 Å². The van der Waals surface area contributed by atoms with Crippen LogP contribution in [-0.2, 0) is 11.3 Å². The molecule has 2 aromatic carbocycles. The molecule has 0 aromatic heterocycles. The van der Waals surface area contributed by atoms with Crippen molar-refractivity contribution in [2.45, 2.75) is 6.54 Å². The van der Waals surface area contributed by atoms with Gasteiger partial charge in [-0.2, -0.15) is 0 Å². The second kappa shape index (κ2) is 6.56. The predicted molar refractivity (Wildman–Crippen MR) is 86.9 cm³/mol. The van der Waals surface area contributed by atoms with Gasteiger partial charge in [-0.1, -0.05) is 30.3 Å². The molecule has 3 rings (SSSR count). The molecule has 2 N–H and O–H groups in total. The minimum absolute atomic E-state index is 0.0458. The zero-order valence-corrected chi connectivity index (χ0v) is 12.9. The van der Waals surface area contributed by atoms with E-state index >= 15 is 0 Å². The van der Waals surface area contributed by atoms with Crippen molar-refractivity contribution in [2.24, 2.45) is 0 Å². The number of aromatic carboxylic acids is 1. The molecule has 3 amide bonds. The Morgan fingerprint density at radius 3 is 2.44 bits per heavy atom. The smallest absolute Gasteiger partial charge is 0.335 e. The van der Waals surface area contributed by atoms with Crippen molar-refractivity contribution < 1.29 is 23.9 Å². The maximum Gasteiger partial charge on any atom is 0.335 e. The van der Waals surface area contributed by atoms with E-state index in [9.17, 15) is 18.8 Å². The van der Waals surface area contributed by atoms with Gasteiger partial charge in [0.1, 0.15) is 11.5 Å². The number of urea groups is 1. The van der Waals surface area contributed by atoms with E-state index in [1.165, 1.54) is 48.5 Å². The molecular weight excluding hydrogens is 327 g/mol. The van der Waals surface area contributed by atoms with Crippen molar-refractivity contribution in [1.82, 2.24) is 10.2 Å². The van der Waals surface area contributed by atoms with Gasteiger partial charge < -0.3 is 10.4 Å². The Morgan fingerprint density at radius 2 is 1.80 bits per heavy atom. The van der Waals surface area contributed by atoms with E-state index in [4.69, 9.17) is 5.11 Å². The minimum atomic E-state index is -1.06. The van der Waals surface area contributed by atoms with E-state index in [1.807, 2.05) is 0 Å². The molecule has 1 heterocycles. The molecule has 0 bridgehead atoms. The highest BCUT2D eigenvalue weighted by Crippen LogP contribution is 2.18. The van der Waals surface area contributed by atoms with Crippen LogP contribution in [-0.4, -0.2) is 27.9 Å². The molecule has 1 aliphatic rings. The Kier molecular flexibility index (Phi) is 4.30. The number of amides is 3. The molecule has 0 atom stereocenters. The average molecular weight is 340 g/mol. The molecule has 2 aromatic rings. The molecule has 0 radical (unpaired) electrons. The monoisotopic (exact) mass is 340 g/mol. The number of carboxylic acids is 1. The van der Waals surface area contributed by atoms with Gasteiger partial charge in [-0.3, -0.25) is 9.69 Å². The molecule has 1 fully saturated rings. The van der Waals surface area contributed by atoms with Crippen LogP contribution in [0.1, 0.15) is 21.5 Å². The third kappa shape index (κ3) is 3.40. The van der Waals surface area contributed by atoms with E-state index in [1.54, 1.807) is 6.07 Å². The first-order chi connectivity index (χ1) is 12.0. The molecule has 1 saturated heterocycles. The molecule has 0 aliphatic carbocycles. The Balaban J connectivity index is 1.81. The number of imide groups is 1. The summed E-state index contributed by atoms with van der Waals surface area (Å²) >= 11 is 0. The number of hydrogen-bond acceptors (Lipinski definition) is 3. The largest absolute Gasteiger partial charge is 0.478 e. The summed E-state index contributed by atoms with van der Waals surface area (Å²) in [7, 11) is 0. The van der Waals surface area contributed by atoms with Crippen LogP contribution in [0.15, 0.2) is 54.2 Å². The summed E-state index contributed by atoms with van der Waals surface area (Å²) < 4.78 is 13.7. The number of carboxylic acid groups (broad SMARTS) is 1. The summed E-state index contributed by atoms with van der Waals surface area (Å²) in [6.07, 6.45) is 1.44. The molecule has 0 unspecified atom stereocenters. The van der Waals surface area contributed by atoms with Crippen LogP contribution in [0.3, 0.4) is 0 Å². The molecule has 126 valence electrons. The third-order valence-corrected chi connectivity index (χ3v) is 3.72. The number of rotatable bonds is 4. The predicted octanol–water partition coefficient (Wildman–Crippen LogP) is 2.62. The number of hydrogen-bond donors (Lipinski definition) is 2. The molecule has 1 aliphatic heterocycles. The van der Waals surface area contributed by atoms with E-state index in [2.05, 4.69) is 5.32 Å². The highest BCUT2D eigenvalue weighted by Gasteiger charge is 2.33. The number of carbonyl (C=O) groups is 3. The van der Waals surface area contributed by atoms with Crippen LogP contribution < -0.4 is 5.32 Å². The summed E-state index contributed by atoms with van der Waals surface area (Å²) in [5.41, 5.74) is 0.953. The molecule has 0 saturated carbocycles. The Labute approximate surface area is 142 Å². The van der Waals surface area contributed by atoms with Gasteiger partial charge in [0.25, 0.3) is 5.91 Å². The second-order valence-electron chi connectivity index (χ2n) is 5.40. The molecule has 25 heavy (non-hydrogen) atoms. The van der Waals surface area contributed by atoms with E-state index in [0.717, 1.165) is 4.90 Å². The first-order valence-electron chi connectivity index (χ1n) is 7.37. The molecule has 6 nitrogen and oxygen atoms in total. The van der Waals surface area contributed by atoms with Crippen LogP contribution in [0.2, 0.25) is 0 Å². The van der Waals surface area contributed by atoms with Crippen LogP contribution in [0.4, 0.5) is 9.18 Å². The topological polar surface area (TPSA) is 86.7 Å². The van der Waals surface area contributed by atoms with Crippen LogP contribution in [0, 0.1) is 5.82 Å². The quantitative estimate of drug-likeness (QED) is 0.662. The van der Waals surface area contributed by atoms with Crippen molar-refractivity contribution in [2.75, 3.05) is 0 Å². The van der Waals surface area contributed by atoms with Gasteiger partial charge in [-0.25, -0.2) is 14.0 Å². The van der Waals surface area contributed by atoms with E-state index < -0.39 is 23.7 Å². The standard InChI is InChI=1S/C18H13FN2O4/c19-14-4-2-1-3-13(14)10-21-16(22)15(20-18(21)25)9-11-5-7-12(8-6-11)17(23)24/h1-9H,10H2,(H,20,25)(H,23,24)/b15-9+. The minimum Gasteiger partial charge on any atom is -0.478 e. The van der Waals surface area contributed by atoms with E-state index in [-0.39, 0.29) is 23.4 Å². The van der Waals surface area contributed by atoms with Crippen molar-refractivity contribution in [3.05, 3.63) is 76.7 Å². The fraction of sp³-hybridized carbons (Fsp3) is 0.0556. The summed E-state index contributed by atoms with van der Waals surface area (Å²) in [6, 6.07) is 11.1. The lowest BCUT2D eigenvalue weighted by atomic mass is 10.1. The van der Waals surface area contributed by atoms with Crippen molar-refractivity contribution >= 4 is 24.0 Å². The average Bonchev–Trinajstić information content (AvgIpc) is 2.85. The maximum absolute atomic E-state index is 13.7. The Morgan fingerprint density at radius 1 is 1.12 bits per heavy atom. The number of benzene rings is 2. The first-order valence-corrected chi connectivity index (χ1v) is 7.37. The van der Waals surface area contributed by atoms with Gasteiger partial charge in [0.15, 0.2) is 0 Å². The number of halogens is 1. The van der Waals surface area contributed by atoms with Crippen LogP contribution in [0.25, 0.3) is 6.08 Å². The SMILES string of the molecule is O=C(O)c1ccc(/C=C2/NC(=O)N(Cc3ccccc3F)C2=O)cc1. The van der Waals surface area contributed by atoms with Gasteiger partial charge >= 0.3 is 12.0 Å². The van der Waals surface area contributed by atoms with Gasteiger partial charge in [0.05, 0.1) is 12.1 Å². The Bertz CT molecular complexity index is 890. The van der Waals surface area contributed by atoms with Crippen LogP contribution >= 0.6 is 0 Å². The summed E-state index contributed by atoms with van der Waals surface area (Å²) in [4.78, 5) is 36.1. The Hall–Kier alpha value is -3.48. The third-order valence-electron chi connectivity index (χ3n) is 3.72. The van der Waals surface area contributed by atoms with Gasteiger partial charge in [0.2, 0.25) is 0 Å².